The van der Waals surface area contributed by atoms with Crippen molar-refractivity contribution in [3.8, 4) is 0 Å². The first kappa shape index (κ1) is 16.8. The van der Waals surface area contributed by atoms with E-state index in [2.05, 4.69) is 30.7 Å². The van der Waals surface area contributed by atoms with E-state index in [1.165, 1.54) is 4.90 Å². The summed E-state index contributed by atoms with van der Waals surface area (Å²) in [6.45, 7) is 7.03. The molecule has 1 aromatic heterocycles. The van der Waals surface area contributed by atoms with Gasteiger partial charge in [-0.3, -0.25) is 4.98 Å². The van der Waals surface area contributed by atoms with Gasteiger partial charge in [-0.05, 0) is 56.5 Å². The van der Waals surface area contributed by atoms with E-state index < -0.39 is 6.09 Å². The lowest BCUT2D eigenvalue weighted by Gasteiger charge is -2.48. The first-order valence-corrected chi connectivity index (χ1v) is 8.31. The maximum Gasteiger partial charge on any atom is 0.407 e. The van der Waals surface area contributed by atoms with Crippen LogP contribution in [0.5, 0.6) is 0 Å². The number of aromatic nitrogens is 1. The quantitative estimate of drug-likeness (QED) is 0.791. The van der Waals surface area contributed by atoms with Gasteiger partial charge in [0.1, 0.15) is 0 Å². The van der Waals surface area contributed by atoms with Gasteiger partial charge >= 0.3 is 6.09 Å². The predicted molar refractivity (Wildman–Crippen MR) is 94.0 cm³/mol. The van der Waals surface area contributed by atoms with Crippen molar-refractivity contribution in [2.75, 3.05) is 13.1 Å². The van der Waals surface area contributed by atoms with Crippen LogP contribution in [0.2, 0.25) is 0 Å². The fourth-order valence-corrected chi connectivity index (χ4v) is 3.83. The average molecular weight is 349 g/mol. The maximum atomic E-state index is 11.4. The lowest BCUT2D eigenvalue weighted by molar-refractivity contribution is 0.105. The number of likely N-dealkylation sites (tertiary alicyclic amines) is 1. The van der Waals surface area contributed by atoms with Crippen molar-refractivity contribution in [2.24, 2.45) is 4.99 Å². The molecule has 3 heterocycles. The van der Waals surface area contributed by atoms with Gasteiger partial charge in [-0.1, -0.05) is 0 Å². The highest BCUT2D eigenvalue weighted by Crippen LogP contribution is 2.38. The molecule has 1 N–H and O–H groups in total. The first-order valence-electron chi connectivity index (χ1n) is 7.94. The molecule has 1 fully saturated rings. The number of fused-ring (bicyclic) bond motifs is 1. The Morgan fingerprint density at radius 3 is 2.58 bits per heavy atom. The molecule has 0 aliphatic carbocycles. The van der Waals surface area contributed by atoms with Crippen LogP contribution in [0.3, 0.4) is 0 Å². The highest BCUT2D eigenvalue weighted by atomic mass is 35.5. The molecule has 1 aromatic rings. The third kappa shape index (κ3) is 2.98. The van der Waals surface area contributed by atoms with Crippen molar-refractivity contribution in [1.29, 1.82) is 0 Å². The van der Waals surface area contributed by atoms with Crippen molar-refractivity contribution in [3.05, 3.63) is 35.7 Å². The van der Waals surface area contributed by atoms with Gasteiger partial charge in [0.25, 0.3) is 0 Å². The normalized spacial score (nSPS) is 21.5. The van der Waals surface area contributed by atoms with Crippen LogP contribution >= 0.6 is 11.6 Å². The average Bonchev–Trinajstić information content (AvgIpc) is 2.52. The lowest BCUT2D eigenvalue weighted by atomic mass is 9.89. The Bertz CT molecular complexity index is 709. The van der Waals surface area contributed by atoms with E-state index in [0.717, 1.165) is 16.8 Å². The van der Waals surface area contributed by atoms with Gasteiger partial charge in [0, 0.05) is 36.6 Å². The molecule has 2 aliphatic rings. The summed E-state index contributed by atoms with van der Waals surface area (Å²) in [5, 5.41) is 9.78. The van der Waals surface area contributed by atoms with E-state index in [-0.39, 0.29) is 11.6 Å². The summed E-state index contributed by atoms with van der Waals surface area (Å²) in [6.07, 6.45) is 3.20. The zero-order valence-corrected chi connectivity index (χ0v) is 14.8. The molecule has 1 unspecified atom stereocenters. The minimum Gasteiger partial charge on any atom is -0.465 e. The van der Waals surface area contributed by atoms with Crippen molar-refractivity contribution in [1.82, 2.24) is 14.8 Å². The fourth-order valence-electron chi connectivity index (χ4n) is 3.37. The molecule has 6 nitrogen and oxygen atoms in total. The Labute approximate surface area is 146 Å². The molecular formula is C17H21ClN4O2. The smallest absolute Gasteiger partial charge is 0.407 e. The number of carboxylic acid groups (broad SMARTS) is 1. The van der Waals surface area contributed by atoms with Gasteiger partial charge in [0.05, 0.1) is 11.7 Å². The number of amides is 1. The first-order chi connectivity index (χ1) is 11.3. The van der Waals surface area contributed by atoms with Gasteiger partial charge in [0.2, 0.25) is 0 Å². The predicted octanol–water partition coefficient (Wildman–Crippen LogP) is 3.25. The summed E-state index contributed by atoms with van der Waals surface area (Å²) in [5.41, 5.74) is 2.68. The number of hydrogen-bond acceptors (Lipinski definition) is 4. The minimum absolute atomic E-state index is 0.108. The number of amidine groups is 1. The molecule has 1 saturated heterocycles. The monoisotopic (exact) mass is 348 g/mol. The number of piperidine rings is 1. The van der Waals surface area contributed by atoms with Crippen LogP contribution in [0.25, 0.3) is 5.70 Å². The number of carbonyl (C=O) groups is 1. The molecule has 1 atom stereocenters. The van der Waals surface area contributed by atoms with Crippen LogP contribution in [0.15, 0.2) is 35.1 Å². The fraction of sp³-hybridized carbons (Fsp3) is 0.471. The van der Waals surface area contributed by atoms with Crippen molar-refractivity contribution >= 4 is 28.7 Å². The number of halogens is 1. The highest BCUT2D eigenvalue weighted by Gasteiger charge is 2.41. The van der Waals surface area contributed by atoms with E-state index in [1.54, 1.807) is 12.4 Å². The molecule has 7 heteroatoms. The van der Waals surface area contributed by atoms with Crippen LogP contribution in [-0.4, -0.2) is 55.9 Å². The number of hydrogen-bond donors (Lipinski definition) is 1. The highest BCUT2D eigenvalue weighted by molar-refractivity contribution is 6.65. The maximum absolute atomic E-state index is 11.4. The third-order valence-electron chi connectivity index (χ3n) is 4.41. The summed E-state index contributed by atoms with van der Waals surface area (Å²) in [7, 11) is 0. The molecule has 1 amide bonds. The number of rotatable bonds is 1. The molecule has 0 saturated carbocycles. The molecular weight excluding hydrogens is 328 g/mol. The van der Waals surface area contributed by atoms with Crippen LogP contribution < -0.4 is 0 Å². The van der Waals surface area contributed by atoms with Gasteiger partial charge in [-0.25, -0.2) is 9.79 Å². The topological polar surface area (TPSA) is 69.0 Å². The van der Waals surface area contributed by atoms with Crippen molar-refractivity contribution < 1.29 is 9.90 Å². The minimum atomic E-state index is -0.896. The molecule has 128 valence electrons. The van der Waals surface area contributed by atoms with E-state index in [4.69, 9.17) is 11.6 Å². The number of nitrogens with zero attached hydrogens (tertiary/aromatic N) is 4. The Balaban J connectivity index is 2.09. The Morgan fingerprint density at radius 1 is 1.33 bits per heavy atom. The number of aliphatic imine (C=N–C) groups is 1. The van der Waals surface area contributed by atoms with Crippen LogP contribution in [0.1, 0.15) is 32.8 Å². The standard InChI is InChI=1S/C17H21ClN4O2/c1-17(2,3)22-13-10-21(16(23)24)9-6-12(13)14(20-15(22)18)11-4-7-19-8-5-11/h4-5,7-8,13H,6,9-10H2,1-3H3,(H,23,24). The second kappa shape index (κ2) is 6.09. The molecule has 0 aromatic carbocycles. The molecule has 0 spiro atoms. The van der Waals surface area contributed by atoms with Crippen molar-refractivity contribution in [3.63, 3.8) is 0 Å². The van der Waals surface area contributed by atoms with Crippen molar-refractivity contribution in [2.45, 2.75) is 38.8 Å². The van der Waals surface area contributed by atoms with Gasteiger partial charge in [-0.2, -0.15) is 0 Å². The second-order valence-corrected chi connectivity index (χ2v) is 7.36. The largest absolute Gasteiger partial charge is 0.465 e. The van der Waals surface area contributed by atoms with E-state index in [0.29, 0.717) is 24.8 Å². The molecule has 3 rings (SSSR count). The molecule has 2 aliphatic heterocycles. The summed E-state index contributed by atoms with van der Waals surface area (Å²) in [6, 6.07) is 3.70. The summed E-state index contributed by atoms with van der Waals surface area (Å²) >= 11 is 6.52. The third-order valence-corrected chi connectivity index (χ3v) is 4.68. The van der Waals surface area contributed by atoms with Gasteiger partial charge < -0.3 is 14.9 Å². The second-order valence-electron chi connectivity index (χ2n) is 7.03. The van der Waals surface area contributed by atoms with E-state index in [1.807, 2.05) is 17.0 Å². The van der Waals surface area contributed by atoms with Crippen LogP contribution in [0.4, 0.5) is 4.79 Å². The Morgan fingerprint density at radius 2 is 2.00 bits per heavy atom. The zero-order valence-electron chi connectivity index (χ0n) is 14.0. The lowest BCUT2D eigenvalue weighted by Crippen LogP contribution is -2.59. The Hall–Kier alpha value is -2.08. The summed E-state index contributed by atoms with van der Waals surface area (Å²) in [5.74, 6) is 0. The summed E-state index contributed by atoms with van der Waals surface area (Å²) < 4.78 is 0. The zero-order chi connectivity index (χ0) is 17.5. The van der Waals surface area contributed by atoms with E-state index in [9.17, 15) is 9.90 Å². The molecule has 24 heavy (non-hydrogen) atoms. The summed E-state index contributed by atoms with van der Waals surface area (Å²) in [4.78, 5) is 23.6. The molecule has 0 radical (unpaired) electrons. The Kier molecular flexibility index (Phi) is 4.25. The molecule has 0 bridgehead atoms. The van der Waals surface area contributed by atoms with Gasteiger partial charge in [0.15, 0.2) is 5.29 Å². The van der Waals surface area contributed by atoms with Crippen LogP contribution in [0, 0.1) is 0 Å². The number of pyridine rings is 1. The van der Waals surface area contributed by atoms with Gasteiger partial charge in [-0.15, -0.1) is 0 Å². The van der Waals surface area contributed by atoms with E-state index >= 15 is 0 Å². The van der Waals surface area contributed by atoms with Crippen LogP contribution in [-0.2, 0) is 0 Å². The SMILES string of the molecule is CC(C)(C)N1C(Cl)=NC(c2ccncc2)=C2CCN(C(=O)O)CC21.